The van der Waals surface area contributed by atoms with E-state index in [1.165, 1.54) is 23.0 Å². The maximum atomic E-state index is 16.9. The molecule has 12 heteroatoms. The van der Waals surface area contributed by atoms with Crippen molar-refractivity contribution in [2.24, 2.45) is 0 Å². The topological polar surface area (TPSA) is 109 Å². The van der Waals surface area contributed by atoms with Crippen molar-refractivity contribution in [1.82, 2.24) is 29.4 Å². The number of aromatic amines is 1. The summed E-state index contributed by atoms with van der Waals surface area (Å²) in [7, 11) is 0. The van der Waals surface area contributed by atoms with Gasteiger partial charge in [-0.15, -0.1) is 0 Å². The molecular formula is C36H37ClFN7O3. The number of pyridine rings is 1. The van der Waals surface area contributed by atoms with Crippen molar-refractivity contribution in [3.63, 3.8) is 0 Å². The second-order valence-corrected chi connectivity index (χ2v) is 13.7. The summed E-state index contributed by atoms with van der Waals surface area (Å²) in [5.41, 5.74) is 4.90. The van der Waals surface area contributed by atoms with Crippen molar-refractivity contribution < 1.29 is 13.9 Å². The zero-order valence-electron chi connectivity index (χ0n) is 27.8. The summed E-state index contributed by atoms with van der Waals surface area (Å²) in [5, 5.41) is 0.476. The monoisotopic (exact) mass is 669 g/mol. The Morgan fingerprint density at radius 3 is 2.48 bits per heavy atom. The van der Waals surface area contributed by atoms with E-state index in [2.05, 4.69) is 31.4 Å². The molecule has 5 heterocycles. The Morgan fingerprint density at radius 1 is 1.10 bits per heavy atom. The summed E-state index contributed by atoms with van der Waals surface area (Å²) in [6.45, 7) is 16.4. The fraction of sp³-hybridized carbons (Fsp3) is 0.361. The van der Waals surface area contributed by atoms with Crippen molar-refractivity contribution >= 4 is 45.1 Å². The number of rotatable bonds is 5. The fourth-order valence-corrected chi connectivity index (χ4v) is 7.63. The van der Waals surface area contributed by atoms with E-state index in [1.807, 2.05) is 53.7 Å². The van der Waals surface area contributed by atoms with E-state index in [1.54, 1.807) is 11.2 Å². The second kappa shape index (κ2) is 11.7. The van der Waals surface area contributed by atoms with Crippen LogP contribution in [-0.4, -0.2) is 67.1 Å². The average molecular weight is 670 g/mol. The van der Waals surface area contributed by atoms with Gasteiger partial charge in [0.15, 0.2) is 0 Å². The largest absolute Gasteiger partial charge is 0.484 e. The van der Waals surface area contributed by atoms with Crippen LogP contribution >= 0.6 is 11.6 Å². The van der Waals surface area contributed by atoms with Crippen LogP contribution in [0, 0.1) is 12.7 Å². The minimum atomic E-state index is -0.563. The maximum absolute atomic E-state index is 16.9. The first-order chi connectivity index (χ1) is 22.9. The van der Waals surface area contributed by atoms with E-state index in [0.29, 0.717) is 57.8 Å². The lowest BCUT2D eigenvalue weighted by atomic mass is 9.94. The van der Waals surface area contributed by atoms with Gasteiger partial charge in [-0.1, -0.05) is 51.9 Å². The number of fused-ring (bicyclic) bond motifs is 6. The third-order valence-corrected chi connectivity index (χ3v) is 9.90. The molecule has 0 saturated carbocycles. The summed E-state index contributed by atoms with van der Waals surface area (Å²) >= 11 is 7.44. The third kappa shape index (κ3) is 4.69. The number of imidazole rings is 1. The molecule has 2 aliphatic heterocycles. The molecule has 1 N–H and O–H groups in total. The molecule has 7 rings (SSSR count). The number of nitrogens with one attached hydrogen (secondary N) is 1. The molecule has 0 aliphatic carbocycles. The highest BCUT2D eigenvalue weighted by molar-refractivity contribution is 6.39. The Kier molecular flexibility index (Phi) is 7.77. The number of benzene rings is 2. The van der Waals surface area contributed by atoms with Gasteiger partial charge in [-0.2, -0.15) is 0 Å². The van der Waals surface area contributed by atoms with Gasteiger partial charge < -0.3 is 19.5 Å². The second-order valence-electron chi connectivity index (χ2n) is 13.3. The zero-order chi connectivity index (χ0) is 34.2. The first-order valence-corrected chi connectivity index (χ1v) is 16.5. The number of anilines is 1. The Bertz CT molecular complexity index is 2180. The van der Waals surface area contributed by atoms with Crippen molar-refractivity contribution in [2.75, 3.05) is 24.6 Å². The molecule has 1 saturated heterocycles. The Balaban J connectivity index is 1.63. The number of amides is 1. The van der Waals surface area contributed by atoms with Gasteiger partial charge in [-0.05, 0) is 49.5 Å². The van der Waals surface area contributed by atoms with Crippen molar-refractivity contribution in [3.05, 3.63) is 81.7 Å². The highest BCUT2D eigenvalue weighted by Gasteiger charge is 2.41. The number of nitrogens with zero attached hydrogens (tertiary/aromatic N) is 6. The van der Waals surface area contributed by atoms with Gasteiger partial charge in [-0.3, -0.25) is 14.2 Å². The predicted octanol–water partition coefficient (Wildman–Crippen LogP) is 6.66. The predicted molar refractivity (Wildman–Crippen MR) is 186 cm³/mol. The molecule has 248 valence electrons. The Labute approximate surface area is 282 Å². The number of ether oxygens (including phenoxy) is 1. The molecule has 0 radical (unpaired) electrons. The minimum absolute atomic E-state index is 0.0624. The molecule has 48 heavy (non-hydrogen) atoms. The van der Waals surface area contributed by atoms with Crippen molar-refractivity contribution in [3.8, 4) is 22.6 Å². The van der Waals surface area contributed by atoms with Crippen LogP contribution < -0.4 is 15.2 Å². The van der Waals surface area contributed by atoms with Crippen LogP contribution in [-0.2, 0) is 4.79 Å². The number of aryl methyl sites for hydroxylation is 1. The molecule has 1 fully saturated rings. The van der Waals surface area contributed by atoms with E-state index >= 15 is 4.39 Å². The van der Waals surface area contributed by atoms with Gasteiger partial charge in [0.1, 0.15) is 18.8 Å². The molecule has 3 aromatic heterocycles. The summed E-state index contributed by atoms with van der Waals surface area (Å²) < 4.78 is 24.7. The standard InChI is InChI=1S/C36H37ClFN7O3/c1-8-25(46)43-13-21-14-48-35-33(44(21)12-20(43)7)22-11-23(38)27(26-19(6)9-10-24-31(26)42-15-39-24)28(37)32(22)45(36(35)47)34-29(17(2)3)40-16-41-30(34)18(4)5/h8-11,15-18,20-21H,1,12-14H2,2-7H3,(H,39,42). The highest BCUT2D eigenvalue weighted by Crippen LogP contribution is 2.47. The third-order valence-electron chi connectivity index (χ3n) is 9.54. The first kappa shape index (κ1) is 31.8. The molecule has 5 aromatic rings. The number of aromatic nitrogens is 5. The van der Waals surface area contributed by atoms with Crippen LogP contribution in [0.15, 0.2) is 48.3 Å². The van der Waals surface area contributed by atoms with Gasteiger partial charge >= 0.3 is 0 Å². The van der Waals surface area contributed by atoms with Crippen molar-refractivity contribution in [2.45, 2.75) is 65.5 Å². The Morgan fingerprint density at radius 2 is 1.81 bits per heavy atom. The number of carbonyl (C=O) groups excluding carboxylic acids is 1. The summed E-state index contributed by atoms with van der Waals surface area (Å²) in [4.78, 5) is 48.4. The van der Waals surface area contributed by atoms with E-state index in [9.17, 15) is 9.59 Å². The first-order valence-electron chi connectivity index (χ1n) is 16.2. The molecule has 2 atom stereocenters. The number of piperazine rings is 1. The average Bonchev–Trinajstić information content (AvgIpc) is 3.54. The van der Waals surface area contributed by atoms with Crippen LogP contribution in [0.4, 0.5) is 10.1 Å². The number of carbonyl (C=O) groups is 1. The Hall–Kier alpha value is -4.77. The van der Waals surface area contributed by atoms with Crippen LogP contribution in [0.2, 0.25) is 5.02 Å². The molecule has 2 unspecified atom stereocenters. The lowest BCUT2D eigenvalue weighted by Gasteiger charge is -2.48. The number of halogens is 2. The zero-order valence-corrected chi connectivity index (χ0v) is 28.5. The smallest absolute Gasteiger partial charge is 0.300 e. The summed E-state index contributed by atoms with van der Waals surface area (Å²) in [5.74, 6) is -0.817. The van der Waals surface area contributed by atoms with Crippen LogP contribution in [0.25, 0.3) is 38.8 Å². The molecule has 1 amide bonds. The molecule has 2 aliphatic rings. The molecule has 0 bridgehead atoms. The van der Waals surface area contributed by atoms with E-state index in [-0.39, 0.29) is 52.8 Å². The summed E-state index contributed by atoms with van der Waals surface area (Å²) in [6, 6.07) is 4.73. The van der Waals surface area contributed by atoms with E-state index in [0.717, 1.165) is 11.1 Å². The van der Waals surface area contributed by atoms with E-state index in [4.69, 9.17) is 16.3 Å². The summed E-state index contributed by atoms with van der Waals surface area (Å²) in [6.07, 6.45) is 4.38. The highest BCUT2D eigenvalue weighted by atomic mass is 35.5. The van der Waals surface area contributed by atoms with Gasteiger partial charge in [0, 0.05) is 35.6 Å². The van der Waals surface area contributed by atoms with Crippen LogP contribution in [0.5, 0.6) is 5.75 Å². The molecule has 10 nitrogen and oxygen atoms in total. The molecule has 0 spiro atoms. The molecular weight excluding hydrogens is 633 g/mol. The van der Waals surface area contributed by atoms with Gasteiger partial charge in [0.05, 0.1) is 56.7 Å². The fourth-order valence-electron chi connectivity index (χ4n) is 7.26. The quantitative estimate of drug-likeness (QED) is 0.209. The molecule has 2 aromatic carbocycles. The van der Waals surface area contributed by atoms with Crippen LogP contribution in [0.1, 0.15) is 63.4 Å². The minimum Gasteiger partial charge on any atom is -0.484 e. The van der Waals surface area contributed by atoms with Gasteiger partial charge in [0.2, 0.25) is 11.7 Å². The van der Waals surface area contributed by atoms with E-state index < -0.39 is 11.4 Å². The van der Waals surface area contributed by atoms with Crippen LogP contribution in [0.3, 0.4) is 0 Å². The van der Waals surface area contributed by atoms with Gasteiger partial charge in [0.25, 0.3) is 5.56 Å². The lowest BCUT2D eigenvalue weighted by molar-refractivity contribution is -0.129. The number of hydrogen-bond acceptors (Lipinski definition) is 7. The number of hydrogen-bond donors (Lipinski definition) is 1. The maximum Gasteiger partial charge on any atom is 0.300 e. The number of H-pyrrole nitrogens is 1. The SMILES string of the molecule is C=CC(=O)N1CC2COc3c(c4cc(F)c(-c5c(C)ccc6[nH]cnc56)c(Cl)c4n(-c4c(C(C)C)ncnc4C(C)C)c3=O)N2CC1C. The van der Waals surface area contributed by atoms with Crippen molar-refractivity contribution in [1.29, 1.82) is 0 Å². The lowest BCUT2D eigenvalue weighted by Crippen LogP contribution is -2.62. The normalized spacial score (nSPS) is 17.6. The van der Waals surface area contributed by atoms with Gasteiger partial charge in [-0.25, -0.2) is 19.3 Å².